The van der Waals surface area contributed by atoms with Crippen molar-refractivity contribution in [1.82, 2.24) is 9.97 Å². The van der Waals surface area contributed by atoms with E-state index in [1.807, 2.05) is 78.9 Å². The van der Waals surface area contributed by atoms with Crippen LogP contribution in [0.25, 0.3) is 33.9 Å². The number of aromatic amines is 1. The van der Waals surface area contributed by atoms with Crippen molar-refractivity contribution < 1.29 is 0 Å². The van der Waals surface area contributed by atoms with Gasteiger partial charge in [0.1, 0.15) is 23.7 Å². The number of aromatic nitrogens is 2. The van der Waals surface area contributed by atoms with Crippen LogP contribution in [0, 0.1) is 22.7 Å². The number of allylic oxidation sites excluding steroid dienone is 2. The second-order valence-electron chi connectivity index (χ2n) is 6.91. The molecule has 3 N–H and O–H groups in total. The lowest BCUT2D eigenvalue weighted by molar-refractivity contribution is 1.27. The molecule has 3 aromatic carbocycles. The van der Waals surface area contributed by atoms with E-state index >= 15 is 0 Å². The van der Waals surface area contributed by atoms with E-state index in [-0.39, 0.29) is 11.4 Å². The van der Waals surface area contributed by atoms with Gasteiger partial charge in [-0.05, 0) is 5.56 Å². The van der Waals surface area contributed by atoms with Gasteiger partial charge in [0.2, 0.25) is 0 Å². The molecule has 0 spiro atoms. The van der Waals surface area contributed by atoms with E-state index in [9.17, 15) is 0 Å². The molecule has 6 nitrogen and oxygen atoms in total. The van der Waals surface area contributed by atoms with Crippen LogP contribution < -0.4 is 5.73 Å². The predicted octanol–water partition coefficient (Wildman–Crippen LogP) is 5.05. The maximum atomic E-state index is 9.05. The number of benzene rings is 3. The third-order valence-electron chi connectivity index (χ3n) is 4.82. The third-order valence-corrected chi connectivity index (χ3v) is 4.82. The monoisotopic (exact) mass is 414 g/mol. The molecule has 1 aromatic heterocycles. The van der Waals surface area contributed by atoms with Gasteiger partial charge in [-0.1, -0.05) is 84.9 Å². The molecular formula is C26H18N6. The second kappa shape index (κ2) is 9.25. The summed E-state index contributed by atoms with van der Waals surface area (Å²) in [5.74, 6) is 0.748. The molecule has 6 heteroatoms. The van der Waals surface area contributed by atoms with Gasteiger partial charge in [-0.15, -0.1) is 0 Å². The maximum Gasteiger partial charge on any atom is 0.174 e. The van der Waals surface area contributed by atoms with Crippen molar-refractivity contribution >= 4 is 6.21 Å². The number of nitrogens with zero attached hydrogens (tertiary/aromatic N) is 4. The molecule has 0 atom stereocenters. The highest BCUT2D eigenvalue weighted by Gasteiger charge is 2.15. The molecule has 0 saturated heterocycles. The van der Waals surface area contributed by atoms with Crippen LogP contribution in [0.1, 0.15) is 5.56 Å². The minimum atomic E-state index is -0.210. The van der Waals surface area contributed by atoms with Crippen LogP contribution in [0.4, 0.5) is 0 Å². The zero-order valence-corrected chi connectivity index (χ0v) is 17.0. The minimum Gasteiger partial charge on any atom is -0.388 e. The molecule has 4 aromatic rings. The van der Waals surface area contributed by atoms with Gasteiger partial charge in [0.25, 0.3) is 0 Å². The Bertz CT molecular complexity index is 1310. The normalized spacial score (nSPS) is 11.6. The van der Waals surface area contributed by atoms with Crippen LogP contribution in [-0.4, -0.2) is 16.2 Å². The lowest BCUT2D eigenvalue weighted by atomic mass is 10.1. The molecule has 0 bridgehead atoms. The van der Waals surface area contributed by atoms with E-state index in [1.165, 1.54) is 6.21 Å². The van der Waals surface area contributed by atoms with Crippen molar-refractivity contribution in [3.63, 3.8) is 0 Å². The number of hydrogen-bond donors (Lipinski definition) is 2. The topological polar surface area (TPSA) is 115 Å². The van der Waals surface area contributed by atoms with Gasteiger partial charge in [0.15, 0.2) is 5.70 Å². The summed E-state index contributed by atoms with van der Waals surface area (Å²) in [6, 6.07) is 31.3. The first-order valence-electron chi connectivity index (χ1n) is 9.85. The molecular weight excluding hydrogens is 396 g/mol. The Balaban J connectivity index is 1.70. The third kappa shape index (κ3) is 4.30. The standard InChI is InChI=1S/C26H18N6/c27-15-22(29)23(16-28)30-17-18-11-13-21(14-12-18)26-31-24(19-7-3-1-4-8-19)25(32-26)20-9-5-2-6-10-20/h1-14,17H,29H2,(H,31,32)/b23-22-,30-17?. The Hall–Kier alpha value is -4.94. The Morgan fingerprint density at radius 2 is 1.44 bits per heavy atom. The zero-order chi connectivity index (χ0) is 22.3. The second-order valence-corrected chi connectivity index (χ2v) is 6.91. The average Bonchev–Trinajstić information content (AvgIpc) is 3.31. The Kier molecular flexibility index (Phi) is 5.88. The lowest BCUT2D eigenvalue weighted by Gasteiger charge is -2.02. The molecule has 0 amide bonds. The van der Waals surface area contributed by atoms with Crippen molar-refractivity contribution in [2.75, 3.05) is 0 Å². The van der Waals surface area contributed by atoms with E-state index < -0.39 is 0 Å². The molecule has 0 unspecified atom stereocenters. The van der Waals surface area contributed by atoms with Crippen LogP contribution >= 0.6 is 0 Å². The molecule has 0 fully saturated rings. The van der Waals surface area contributed by atoms with Gasteiger partial charge >= 0.3 is 0 Å². The summed E-state index contributed by atoms with van der Waals surface area (Å²) >= 11 is 0. The maximum absolute atomic E-state index is 9.05. The van der Waals surface area contributed by atoms with Crippen LogP contribution in [0.3, 0.4) is 0 Å². The Labute approximate surface area is 185 Å². The molecule has 0 radical (unpaired) electrons. The summed E-state index contributed by atoms with van der Waals surface area (Å²) in [6.45, 7) is 0. The van der Waals surface area contributed by atoms with Gasteiger partial charge < -0.3 is 10.7 Å². The number of H-pyrrole nitrogens is 1. The molecule has 32 heavy (non-hydrogen) atoms. The number of nitriles is 2. The summed E-state index contributed by atoms with van der Waals surface area (Å²) in [7, 11) is 0. The van der Waals surface area contributed by atoms with Gasteiger partial charge in [0.05, 0.1) is 11.4 Å². The molecule has 0 aliphatic rings. The van der Waals surface area contributed by atoms with Gasteiger partial charge in [0, 0.05) is 22.9 Å². The average molecular weight is 414 g/mol. The highest BCUT2D eigenvalue weighted by atomic mass is 14.9. The molecule has 4 rings (SSSR count). The summed E-state index contributed by atoms with van der Waals surface area (Å²) in [5, 5.41) is 17.9. The van der Waals surface area contributed by atoms with E-state index in [2.05, 4.69) is 22.1 Å². The molecule has 0 aliphatic carbocycles. The molecule has 152 valence electrons. The van der Waals surface area contributed by atoms with E-state index in [4.69, 9.17) is 21.2 Å². The molecule has 1 heterocycles. The quantitative estimate of drug-likeness (QED) is 0.351. The van der Waals surface area contributed by atoms with Crippen molar-refractivity contribution in [1.29, 1.82) is 10.5 Å². The summed E-state index contributed by atoms with van der Waals surface area (Å²) in [5.41, 5.74) is 10.8. The fourth-order valence-corrected chi connectivity index (χ4v) is 3.21. The number of aliphatic imine (C=N–C) groups is 1. The fourth-order valence-electron chi connectivity index (χ4n) is 3.21. The molecule has 0 saturated carbocycles. The molecule has 0 aliphatic heterocycles. The van der Waals surface area contributed by atoms with Crippen LogP contribution in [-0.2, 0) is 0 Å². The first-order valence-corrected chi connectivity index (χ1v) is 9.85. The first kappa shape index (κ1) is 20.3. The number of hydrogen-bond acceptors (Lipinski definition) is 5. The Morgan fingerprint density at radius 3 is 2.03 bits per heavy atom. The van der Waals surface area contributed by atoms with Gasteiger partial charge in [-0.25, -0.2) is 9.98 Å². The zero-order valence-electron chi connectivity index (χ0n) is 17.0. The fraction of sp³-hybridized carbons (Fsp3) is 0. The number of rotatable bonds is 5. The largest absolute Gasteiger partial charge is 0.388 e. The summed E-state index contributed by atoms with van der Waals surface area (Å²) in [4.78, 5) is 12.4. The van der Waals surface area contributed by atoms with Crippen molar-refractivity contribution in [3.05, 3.63) is 102 Å². The Morgan fingerprint density at radius 1 is 0.812 bits per heavy atom. The first-order chi connectivity index (χ1) is 15.7. The lowest BCUT2D eigenvalue weighted by Crippen LogP contribution is -1.97. The highest BCUT2D eigenvalue weighted by molar-refractivity contribution is 5.83. The number of imidazole rings is 1. The van der Waals surface area contributed by atoms with Gasteiger partial charge in [-0.3, -0.25) is 0 Å². The SMILES string of the molecule is N#C/C(N)=C(\C#N)N=Cc1ccc(-c2nc(-c3ccccc3)c(-c3ccccc3)[nH]2)cc1. The van der Waals surface area contributed by atoms with Crippen LogP contribution in [0.15, 0.2) is 101 Å². The summed E-state index contributed by atoms with van der Waals surface area (Å²) in [6.07, 6.45) is 1.50. The minimum absolute atomic E-state index is 0.109. The number of nitrogens with one attached hydrogen (secondary N) is 1. The van der Waals surface area contributed by atoms with Crippen molar-refractivity contribution in [3.8, 4) is 46.0 Å². The van der Waals surface area contributed by atoms with Crippen LogP contribution in [0.5, 0.6) is 0 Å². The highest BCUT2D eigenvalue weighted by Crippen LogP contribution is 2.32. The van der Waals surface area contributed by atoms with Gasteiger partial charge in [-0.2, -0.15) is 10.5 Å². The van der Waals surface area contributed by atoms with E-state index in [0.717, 1.165) is 39.5 Å². The van der Waals surface area contributed by atoms with Crippen molar-refractivity contribution in [2.45, 2.75) is 0 Å². The smallest absolute Gasteiger partial charge is 0.174 e. The van der Waals surface area contributed by atoms with E-state index in [0.29, 0.717) is 0 Å². The predicted molar refractivity (Wildman–Crippen MR) is 125 cm³/mol. The summed E-state index contributed by atoms with van der Waals surface area (Å²) < 4.78 is 0. The van der Waals surface area contributed by atoms with Crippen molar-refractivity contribution in [2.24, 2.45) is 10.7 Å². The van der Waals surface area contributed by atoms with Crippen LogP contribution in [0.2, 0.25) is 0 Å². The van der Waals surface area contributed by atoms with E-state index in [1.54, 1.807) is 6.07 Å². The number of nitrogens with two attached hydrogens (primary N) is 1.